The predicted octanol–water partition coefficient (Wildman–Crippen LogP) is 4.72. The number of carbonyl (C=O) groups excluding carboxylic acids is 1. The first-order valence-corrected chi connectivity index (χ1v) is 11.2. The normalized spacial score (nSPS) is 22.5. The van der Waals surface area contributed by atoms with Crippen LogP contribution in [-0.4, -0.2) is 32.4 Å². The summed E-state index contributed by atoms with van der Waals surface area (Å²) in [7, 11) is 0. The number of aromatic nitrogens is 3. The fraction of sp³-hybridized carbons (Fsp3) is 0.609. The third-order valence-corrected chi connectivity index (χ3v) is 6.75. The third-order valence-electron chi connectivity index (χ3n) is 6.75. The second-order valence-corrected chi connectivity index (χ2v) is 9.66. The molecule has 0 unspecified atom stereocenters. The number of alkyl halides is 4. The number of hydrogen-bond donors (Lipinski definition) is 2. The van der Waals surface area contributed by atoms with Gasteiger partial charge in [-0.2, -0.15) is 5.10 Å². The lowest BCUT2D eigenvalue weighted by molar-refractivity contribution is -0.134. The Labute approximate surface area is 189 Å². The van der Waals surface area contributed by atoms with Gasteiger partial charge in [0.15, 0.2) is 5.65 Å². The zero-order chi connectivity index (χ0) is 24.0. The summed E-state index contributed by atoms with van der Waals surface area (Å²) in [5.74, 6) is -5.99. The number of imidazole rings is 1. The van der Waals surface area contributed by atoms with E-state index in [1.54, 1.807) is 29.9 Å². The molecule has 2 heterocycles. The number of fused-ring (bicyclic) bond motifs is 1. The van der Waals surface area contributed by atoms with Crippen LogP contribution >= 0.6 is 0 Å². The lowest BCUT2D eigenvalue weighted by atomic mass is 9.79. The maximum Gasteiger partial charge on any atom is 0.248 e. The molecule has 2 aliphatic carbocycles. The number of nitrogens with zero attached hydrogens (tertiary/aromatic N) is 3. The Kier molecular flexibility index (Phi) is 6.24. The molecule has 2 saturated carbocycles. The van der Waals surface area contributed by atoms with Crippen molar-refractivity contribution >= 4 is 11.6 Å². The molecule has 2 aliphatic rings. The number of carbonyl (C=O) groups is 1. The van der Waals surface area contributed by atoms with Crippen LogP contribution < -0.4 is 11.1 Å². The summed E-state index contributed by atoms with van der Waals surface area (Å²) < 4.78 is 54.6. The Hall–Kier alpha value is -2.49. The van der Waals surface area contributed by atoms with Crippen LogP contribution in [0.15, 0.2) is 30.6 Å². The van der Waals surface area contributed by atoms with E-state index in [1.165, 1.54) is 0 Å². The standard InChI is InChI=1S/C23H29F4N5O/c1-13(2)21(31-19(33)7-14-9-23(26,27)10-14)16-8-18-30-17(12-32(18)29-11-16)20(28)15-3-5-22(24,25)6-4-15/h8,11-12,14-15,20-21H,1,3-7,9-10,28H2,2H3,(H,31,33)/t20-,21+/m0/s1. The van der Waals surface area contributed by atoms with Crippen molar-refractivity contribution in [2.75, 3.05) is 0 Å². The average molecular weight is 468 g/mol. The summed E-state index contributed by atoms with van der Waals surface area (Å²) in [4.78, 5) is 17.0. The number of halogens is 4. The van der Waals surface area contributed by atoms with Crippen molar-refractivity contribution in [3.8, 4) is 0 Å². The number of nitrogens with two attached hydrogens (primary N) is 1. The fourth-order valence-electron chi connectivity index (χ4n) is 4.79. The predicted molar refractivity (Wildman–Crippen MR) is 115 cm³/mol. The van der Waals surface area contributed by atoms with E-state index in [1.807, 2.05) is 0 Å². The topological polar surface area (TPSA) is 85.3 Å². The highest BCUT2D eigenvalue weighted by Gasteiger charge is 2.45. The minimum absolute atomic E-state index is 0.0395. The van der Waals surface area contributed by atoms with Crippen LogP contribution in [0, 0.1) is 11.8 Å². The smallest absolute Gasteiger partial charge is 0.248 e. The first kappa shape index (κ1) is 23.7. The van der Waals surface area contributed by atoms with Crippen LogP contribution in [0.1, 0.15) is 75.2 Å². The van der Waals surface area contributed by atoms with Gasteiger partial charge in [-0.25, -0.2) is 27.1 Å². The molecule has 0 radical (unpaired) electrons. The summed E-state index contributed by atoms with van der Waals surface area (Å²) in [6.45, 7) is 5.70. The van der Waals surface area contributed by atoms with Crippen molar-refractivity contribution in [2.24, 2.45) is 17.6 Å². The highest BCUT2D eigenvalue weighted by Crippen LogP contribution is 2.44. The van der Waals surface area contributed by atoms with Gasteiger partial charge in [-0.15, -0.1) is 0 Å². The molecule has 4 rings (SSSR count). The Morgan fingerprint density at radius 3 is 2.55 bits per heavy atom. The number of hydrogen-bond acceptors (Lipinski definition) is 4. The summed E-state index contributed by atoms with van der Waals surface area (Å²) in [6.07, 6.45) is 3.15. The molecule has 0 saturated heterocycles. The molecule has 10 heteroatoms. The highest BCUT2D eigenvalue weighted by molar-refractivity contribution is 5.77. The minimum atomic E-state index is -2.66. The van der Waals surface area contributed by atoms with E-state index in [0.717, 1.165) is 0 Å². The van der Waals surface area contributed by atoms with Crippen molar-refractivity contribution in [3.63, 3.8) is 0 Å². The summed E-state index contributed by atoms with van der Waals surface area (Å²) in [5.41, 5.74) is 8.76. The van der Waals surface area contributed by atoms with Crippen molar-refractivity contribution in [1.29, 1.82) is 0 Å². The molecule has 3 N–H and O–H groups in total. The molecule has 0 aliphatic heterocycles. The maximum atomic E-state index is 13.5. The van der Waals surface area contributed by atoms with E-state index >= 15 is 0 Å². The lowest BCUT2D eigenvalue weighted by Crippen LogP contribution is -2.39. The van der Waals surface area contributed by atoms with Gasteiger partial charge in [0.05, 0.1) is 30.2 Å². The van der Waals surface area contributed by atoms with Crippen molar-refractivity contribution < 1.29 is 22.4 Å². The van der Waals surface area contributed by atoms with Gasteiger partial charge in [0, 0.05) is 37.7 Å². The summed E-state index contributed by atoms with van der Waals surface area (Å²) in [6, 6.07) is 0.753. The average Bonchev–Trinajstić information content (AvgIpc) is 3.13. The van der Waals surface area contributed by atoms with E-state index in [-0.39, 0.29) is 49.8 Å². The Balaban J connectivity index is 1.45. The molecule has 2 aromatic rings. The molecule has 2 aromatic heterocycles. The van der Waals surface area contributed by atoms with Gasteiger partial charge in [-0.05, 0) is 37.7 Å². The molecule has 0 aromatic carbocycles. The number of rotatable bonds is 7. The first-order chi connectivity index (χ1) is 15.4. The second-order valence-electron chi connectivity index (χ2n) is 9.66. The molecule has 2 atom stereocenters. The van der Waals surface area contributed by atoms with Crippen molar-refractivity contribution in [2.45, 2.75) is 75.8 Å². The van der Waals surface area contributed by atoms with Gasteiger partial charge in [0.25, 0.3) is 0 Å². The molecule has 0 bridgehead atoms. The van der Waals surface area contributed by atoms with E-state index < -0.39 is 23.9 Å². The zero-order valence-corrected chi connectivity index (χ0v) is 18.5. The molecule has 0 spiro atoms. The zero-order valence-electron chi connectivity index (χ0n) is 18.5. The lowest BCUT2D eigenvalue weighted by Gasteiger charge is -2.34. The summed E-state index contributed by atoms with van der Waals surface area (Å²) in [5, 5.41) is 7.21. The van der Waals surface area contributed by atoms with Gasteiger partial charge < -0.3 is 11.1 Å². The monoisotopic (exact) mass is 467 g/mol. The number of amides is 1. The van der Waals surface area contributed by atoms with Gasteiger partial charge >= 0.3 is 0 Å². The molecule has 6 nitrogen and oxygen atoms in total. The Morgan fingerprint density at radius 1 is 1.27 bits per heavy atom. The van der Waals surface area contributed by atoms with Gasteiger partial charge in [0.1, 0.15) is 0 Å². The van der Waals surface area contributed by atoms with E-state index in [4.69, 9.17) is 5.73 Å². The maximum absolute atomic E-state index is 13.5. The Morgan fingerprint density at radius 2 is 1.94 bits per heavy atom. The van der Waals surface area contributed by atoms with Crippen LogP contribution in [0.5, 0.6) is 0 Å². The molecule has 2 fully saturated rings. The molecule has 33 heavy (non-hydrogen) atoms. The van der Waals surface area contributed by atoms with Crippen LogP contribution in [-0.2, 0) is 4.79 Å². The number of nitrogens with one attached hydrogen (secondary N) is 1. The van der Waals surface area contributed by atoms with E-state index in [0.29, 0.717) is 35.3 Å². The van der Waals surface area contributed by atoms with Crippen LogP contribution in [0.25, 0.3) is 5.65 Å². The molecule has 1 amide bonds. The summed E-state index contributed by atoms with van der Waals surface area (Å²) >= 11 is 0. The third kappa shape index (κ3) is 5.37. The molecular formula is C23H29F4N5O. The van der Waals surface area contributed by atoms with Crippen LogP contribution in [0.4, 0.5) is 17.6 Å². The fourth-order valence-corrected chi connectivity index (χ4v) is 4.79. The van der Waals surface area contributed by atoms with Gasteiger partial charge in [0.2, 0.25) is 17.8 Å². The largest absolute Gasteiger partial charge is 0.345 e. The van der Waals surface area contributed by atoms with E-state index in [2.05, 4.69) is 22.0 Å². The van der Waals surface area contributed by atoms with Crippen LogP contribution in [0.2, 0.25) is 0 Å². The quantitative estimate of drug-likeness (QED) is 0.456. The molecular weight excluding hydrogens is 438 g/mol. The second kappa shape index (κ2) is 8.70. The van der Waals surface area contributed by atoms with E-state index in [9.17, 15) is 22.4 Å². The van der Waals surface area contributed by atoms with Crippen molar-refractivity contribution in [1.82, 2.24) is 19.9 Å². The Bertz CT molecular complexity index is 1030. The van der Waals surface area contributed by atoms with Crippen molar-refractivity contribution in [3.05, 3.63) is 41.9 Å². The first-order valence-electron chi connectivity index (χ1n) is 11.2. The van der Waals surface area contributed by atoms with Gasteiger partial charge in [-0.3, -0.25) is 4.79 Å². The molecule has 180 valence electrons. The highest BCUT2D eigenvalue weighted by atomic mass is 19.3. The minimum Gasteiger partial charge on any atom is -0.345 e. The van der Waals surface area contributed by atoms with Gasteiger partial charge in [-0.1, -0.05) is 12.2 Å². The van der Waals surface area contributed by atoms with Crippen LogP contribution in [0.3, 0.4) is 0 Å². The SMILES string of the molecule is C=C(C)[C@@H](NC(=O)CC1CC(F)(F)C1)c1cnn2cc([C@@H](N)C3CCC(F)(F)CC3)nc2c1.